The van der Waals surface area contributed by atoms with Crippen LogP contribution >= 0.6 is 0 Å². The van der Waals surface area contributed by atoms with Gasteiger partial charge in [-0.05, 0) is 12.8 Å². The molecule has 0 aromatic carbocycles. The van der Waals surface area contributed by atoms with Crippen molar-refractivity contribution in [2.75, 3.05) is 18.1 Å². The molecule has 2 aromatic heterocycles. The first kappa shape index (κ1) is 12.9. The van der Waals surface area contributed by atoms with E-state index in [-0.39, 0.29) is 12.2 Å². The van der Waals surface area contributed by atoms with Crippen molar-refractivity contribution >= 4 is 22.7 Å². The van der Waals surface area contributed by atoms with Gasteiger partial charge in [-0.3, -0.25) is 4.68 Å². The van der Waals surface area contributed by atoms with Crippen LogP contribution in [0, 0.1) is 0 Å². The van der Waals surface area contributed by atoms with Crippen molar-refractivity contribution in [1.29, 1.82) is 0 Å². The zero-order valence-corrected chi connectivity index (χ0v) is 11.2. The van der Waals surface area contributed by atoms with E-state index < -0.39 is 5.97 Å². The lowest BCUT2D eigenvalue weighted by molar-refractivity contribution is 0.0697. The van der Waals surface area contributed by atoms with Crippen molar-refractivity contribution in [2.45, 2.75) is 18.9 Å². The Balaban J connectivity index is 2.22. The van der Waals surface area contributed by atoms with Gasteiger partial charge >= 0.3 is 5.97 Å². The molecular weight excluding hydrogens is 260 g/mol. The molecule has 7 heteroatoms. The third kappa shape index (κ3) is 2.00. The first-order chi connectivity index (χ1) is 9.63. The Morgan fingerprint density at radius 1 is 1.50 bits per heavy atom. The molecule has 1 aliphatic rings. The van der Waals surface area contributed by atoms with Crippen LogP contribution in [0.25, 0.3) is 11.0 Å². The van der Waals surface area contributed by atoms with Gasteiger partial charge in [-0.2, -0.15) is 5.10 Å². The van der Waals surface area contributed by atoms with E-state index in [0.717, 1.165) is 12.8 Å². The van der Waals surface area contributed by atoms with Gasteiger partial charge in [-0.15, -0.1) is 0 Å². The molecule has 0 spiro atoms. The molecule has 0 atom stereocenters. The van der Waals surface area contributed by atoms with Crippen LogP contribution in [0.5, 0.6) is 0 Å². The van der Waals surface area contributed by atoms with E-state index in [0.29, 0.717) is 29.3 Å². The third-order valence-corrected chi connectivity index (χ3v) is 3.58. The van der Waals surface area contributed by atoms with Crippen LogP contribution in [0.3, 0.4) is 0 Å². The second-order valence-corrected chi connectivity index (χ2v) is 4.98. The van der Waals surface area contributed by atoms with Crippen LogP contribution in [0.15, 0.2) is 12.4 Å². The molecule has 2 N–H and O–H groups in total. The molecule has 1 aliphatic carbocycles. The molecule has 0 aliphatic heterocycles. The van der Waals surface area contributed by atoms with E-state index >= 15 is 0 Å². The number of rotatable bonds is 5. The number of hydrogen-bond acceptors (Lipinski definition) is 5. The van der Waals surface area contributed by atoms with E-state index in [9.17, 15) is 15.0 Å². The summed E-state index contributed by atoms with van der Waals surface area (Å²) >= 11 is 0. The Bertz CT molecular complexity index is 663. The van der Waals surface area contributed by atoms with Crippen molar-refractivity contribution in [1.82, 2.24) is 14.8 Å². The van der Waals surface area contributed by atoms with Crippen LogP contribution in [0.4, 0.5) is 5.69 Å². The first-order valence-electron chi connectivity index (χ1n) is 6.55. The topological polar surface area (TPSA) is 91.5 Å². The zero-order valence-electron chi connectivity index (χ0n) is 11.2. The Morgan fingerprint density at radius 3 is 2.85 bits per heavy atom. The summed E-state index contributed by atoms with van der Waals surface area (Å²) in [5, 5.41) is 23.5. The summed E-state index contributed by atoms with van der Waals surface area (Å²) in [5.74, 6) is -1.01. The number of anilines is 1. The number of fused-ring (bicyclic) bond motifs is 1. The molecule has 0 amide bonds. The Hall–Kier alpha value is -2.15. The summed E-state index contributed by atoms with van der Waals surface area (Å²) in [5.41, 5.74) is 1.42. The van der Waals surface area contributed by atoms with Crippen LogP contribution < -0.4 is 4.90 Å². The van der Waals surface area contributed by atoms with Gasteiger partial charge in [-0.25, -0.2) is 9.78 Å². The highest BCUT2D eigenvalue weighted by Gasteiger charge is 2.33. The number of aliphatic hydroxyl groups excluding tert-OH is 1. The molecule has 1 fully saturated rings. The van der Waals surface area contributed by atoms with E-state index in [1.807, 2.05) is 4.90 Å². The maximum atomic E-state index is 11.5. The smallest absolute Gasteiger partial charge is 0.339 e. The molecule has 0 radical (unpaired) electrons. The lowest BCUT2D eigenvalue weighted by Crippen LogP contribution is -2.30. The highest BCUT2D eigenvalue weighted by molar-refractivity contribution is 6.03. The average Bonchev–Trinajstić information content (AvgIpc) is 3.19. The number of pyridine rings is 1. The van der Waals surface area contributed by atoms with Crippen LogP contribution in [-0.4, -0.2) is 50.1 Å². The maximum absolute atomic E-state index is 11.5. The molecule has 2 aromatic rings. The van der Waals surface area contributed by atoms with Crippen molar-refractivity contribution in [3.8, 4) is 0 Å². The van der Waals surface area contributed by atoms with Crippen molar-refractivity contribution in [3.63, 3.8) is 0 Å². The van der Waals surface area contributed by atoms with E-state index in [1.165, 1.54) is 6.20 Å². The largest absolute Gasteiger partial charge is 0.478 e. The second kappa shape index (κ2) is 4.75. The molecule has 0 bridgehead atoms. The standard InChI is InChI=1S/C13H16N4O3/c1-16-12-9(7-15-16)11(10(6-14-12)13(19)20)17(4-5-18)8-2-3-8/h6-8,18H,2-5H2,1H3,(H,19,20). The number of aromatic carboxylic acids is 1. The molecule has 1 saturated carbocycles. The number of aryl methyl sites for hydroxylation is 1. The van der Waals surface area contributed by atoms with Gasteiger partial charge in [0.25, 0.3) is 0 Å². The molecule has 7 nitrogen and oxygen atoms in total. The van der Waals surface area contributed by atoms with Crippen molar-refractivity contribution in [3.05, 3.63) is 18.0 Å². The predicted octanol–water partition coefficient (Wildman–Crippen LogP) is 0.628. The number of hydrogen-bond donors (Lipinski definition) is 2. The third-order valence-electron chi connectivity index (χ3n) is 3.58. The van der Waals surface area contributed by atoms with E-state index in [2.05, 4.69) is 10.1 Å². The van der Waals surface area contributed by atoms with Gasteiger partial charge in [0.15, 0.2) is 5.65 Å². The molecular formula is C13H16N4O3. The molecule has 0 saturated heterocycles. The minimum atomic E-state index is -1.01. The summed E-state index contributed by atoms with van der Waals surface area (Å²) in [6.45, 7) is 0.401. The zero-order chi connectivity index (χ0) is 14.3. The Morgan fingerprint density at radius 2 is 2.25 bits per heavy atom. The van der Waals surface area contributed by atoms with Gasteiger partial charge in [0, 0.05) is 25.8 Å². The van der Waals surface area contributed by atoms with Gasteiger partial charge in [0.05, 0.1) is 23.9 Å². The number of carbonyl (C=O) groups is 1. The normalized spacial score (nSPS) is 14.7. The summed E-state index contributed by atoms with van der Waals surface area (Å²) in [7, 11) is 1.77. The Kier molecular flexibility index (Phi) is 3.06. The molecule has 2 heterocycles. The summed E-state index contributed by atoms with van der Waals surface area (Å²) < 4.78 is 1.62. The fraction of sp³-hybridized carbons (Fsp3) is 0.462. The highest BCUT2D eigenvalue weighted by atomic mass is 16.4. The maximum Gasteiger partial charge on any atom is 0.339 e. The molecule has 3 rings (SSSR count). The fourth-order valence-electron chi connectivity index (χ4n) is 2.52. The lowest BCUT2D eigenvalue weighted by atomic mass is 10.1. The van der Waals surface area contributed by atoms with Crippen LogP contribution in [-0.2, 0) is 7.05 Å². The van der Waals surface area contributed by atoms with Crippen LogP contribution in [0.2, 0.25) is 0 Å². The van der Waals surface area contributed by atoms with Gasteiger partial charge in [0.2, 0.25) is 0 Å². The summed E-state index contributed by atoms with van der Waals surface area (Å²) in [6.07, 6.45) is 5.04. The SMILES string of the molecule is Cn1ncc2c(N(CCO)C3CC3)c(C(=O)O)cnc21. The second-order valence-electron chi connectivity index (χ2n) is 4.98. The Labute approximate surface area is 115 Å². The summed E-state index contributed by atoms with van der Waals surface area (Å²) in [4.78, 5) is 17.6. The van der Waals surface area contributed by atoms with Crippen LogP contribution in [0.1, 0.15) is 23.2 Å². The molecule has 106 valence electrons. The molecule has 0 unspecified atom stereocenters. The average molecular weight is 276 g/mol. The number of aromatic nitrogens is 3. The first-order valence-corrected chi connectivity index (χ1v) is 6.55. The minimum absolute atomic E-state index is 0.0142. The van der Waals surface area contributed by atoms with Crippen molar-refractivity contribution in [2.24, 2.45) is 7.05 Å². The predicted molar refractivity (Wildman–Crippen MR) is 72.9 cm³/mol. The van der Waals surface area contributed by atoms with E-state index in [1.54, 1.807) is 17.9 Å². The van der Waals surface area contributed by atoms with E-state index in [4.69, 9.17) is 0 Å². The number of carboxylic acid groups (broad SMARTS) is 1. The number of carboxylic acids is 1. The minimum Gasteiger partial charge on any atom is -0.478 e. The highest BCUT2D eigenvalue weighted by Crippen LogP contribution is 2.37. The number of nitrogens with zero attached hydrogens (tertiary/aromatic N) is 4. The quantitative estimate of drug-likeness (QED) is 0.832. The monoisotopic (exact) mass is 276 g/mol. The van der Waals surface area contributed by atoms with Crippen molar-refractivity contribution < 1.29 is 15.0 Å². The summed E-state index contributed by atoms with van der Waals surface area (Å²) in [6, 6.07) is 0.297. The van der Waals surface area contributed by atoms with Gasteiger partial charge in [-0.1, -0.05) is 0 Å². The lowest BCUT2D eigenvalue weighted by Gasteiger charge is -2.25. The fourth-order valence-corrected chi connectivity index (χ4v) is 2.52. The van der Waals surface area contributed by atoms with Gasteiger partial charge < -0.3 is 15.1 Å². The number of aliphatic hydroxyl groups is 1. The molecule has 20 heavy (non-hydrogen) atoms. The van der Waals surface area contributed by atoms with Gasteiger partial charge in [0.1, 0.15) is 5.56 Å².